The Kier molecular flexibility index (Phi) is 10.0. The summed E-state index contributed by atoms with van der Waals surface area (Å²) in [5.41, 5.74) is 2.89. The zero-order chi connectivity index (χ0) is 19.7. The molecule has 0 atom stereocenters. The first-order valence-electron chi connectivity index (χ1n) is 8.58. The molecule has 2 N–H and O–H groups in total. The number of pyridine rings is 1. The summed E-state index contributed by atoms with van der Waals surface area (Å²) in [6.45, 7) is 4.30. The van der Waals surface area contributed by atoms with Gasteiger partial charge in [0.05, 0.1) is 18.8 Å². The number of hydrogen-bond acceptors (Lipinski definition) is 3. The number of aromatic nitrogens is 1. The van der Waals surface area contributed by atoms with Crippen LogP contribution in [-0.2, 0) is 13.1 Å². The largest absolute Gasteiger partial charge is 0.484 e. The van der Waals surface area contributed by atoms with Gasteiger partial charge < -0.3 is 15.4 Å². The SMILES string of the molecule is CCNC(=NCc1ccc(OCC(F)(F)F)cc1)NCc1ncccc1C.I. The fourth-order valence-electron chi connectivity index (χ4n) is 2.24. The number of hydrogen-bond donors (Lipinski definition) is 2. The fourth-order valence-corrected chi connectivity index (χ4v) is 2.24. The van der Waals surface area contributed by atoms with Gasteiger partial charge in [-0.05, 0) is 43.2 Å². The second-order valence-electron chi connectivity index (χ2n) is 5.86. The first kappa shape index (κ1) is 24.0. The van der Waals surface area contributed by atoms with Crippen molar-refractivity contribution in [2.24, 2.45) is 4.99 Å². The molecule has 2 aromatic rings. The normalized spacial score (nSPS) is 11.5. The lowest BCUT2D eigenvalue weighted by Gasteiger charge is -2.12. The Bertz CT molecular complexity index is 752. The van der Waals surface area contributed by atoms with Gasteiger partial charge in [0.2, 0.25) is 0 Å². The van der Waals surface area contributed by atoms with Crippen LogP contribution in [0.5, 0.6) is 5.75 Å². The Morgan fingerprint density at radius 3 is 2.46 bits per heavy atom. The van der Waals surface area contributed by atoms with E-state index in [9.17, 15) is 13.2 Å². The maximum absolute atomic E-state index is 12.2. The maximum Gasteiger partial charge on any atom is 0.422 e. The van der Waals surface area contributed by atoms with Crippen molar-refractivity contribution in [3.8, 4) is 5.75 Å². The van der Waals surface area contributed by atoms with Crippen molar-refractivity contribution in [3.05, 3.63) is 59.4 Å². The number of ether oxygens (including phenoxy) is 1. The molecule has 0 saturated carbocycles. The molecule has 0 spiro atoms. The van der Waals surface area contributed by atoms with Crippen LogP contribution in [-0.4, -0.2) is 30.3 Å². The molecule has 1 aromatic heterocycles. The molecule has 0 aliphatic heterocycles. The van der Waals surface area contributed by atoms with E-state index in [0.29, 0.717) is 25.6 Å². The first-order valence-corrected chi connectivity index (χ1v) is 8.58. The molecule has 28 heavy (non-hydrogen) atoms. The summed E-state index contributed by atoms with van der Waals surface area (Å²) in [6.07, 6.45) is -2.60. The molecule has 5 nitrogen and oxygen atoms in total. The molecule has 0 unspecified atom stereocenters. The highest BCUT2D eigenvalue weighted by molar-refractivity contribution is 14.0. The van der Waals surface area contributed by atoms with Crippen molar-refractivity contribution in [3.63, 3.8) is 0 Å². The van der Waals surface area contributed by atoms with E-state index in [4.69, 9.17) is 4.74 Å². The molecular formula is C19H24F3IN4O. The van der Waals surface area contributed by atoms with Crippen molar-refractivity contribution in [1.29, 1.82) is 0 Å². The van der Waals surface area contributed by atoms with Crippen molar-refractivity contribution in [2.75, 3.05) is 13.2 Å². The van der Waals surface area contributed by atoms with Crippen LogP contribution in [0.25, 0.3) is 0 Å². The van der Waals surface area contributed by atoms with Gasteiger partial charge >= 0.3 is 6.18 Å². The predicted molar refractivity (Wildman–Crippen MR) is 114 cm³/mol. The van der Waals surface area contributed by atoms with E-state index in [0.717, 1.165) is 16.8 Å². The minimum atomic E-state index is -4.35. The highest BCUT2D eigenvalue weighted by Gasteiger charge is 2.28. The van der Waals surface area contributed by atoms with E-state index < -0.39 is 12.8 Å². The summed E-state index contributed by atoms with van der Waals surface area (Å²) in [7, 11) is 0. The second-order valence-corrected chi connectivity index (χ2v) is 5.86. The van der Waals surface area contributed by atoms with E-state index in [1.165, 1.54) is 12.1 Å². The Hall–Kier alpha value is -2.04. The van der Waals surface area contributed by atoms with Crippen molar-refractivity contribution >= 4 is 29.9 Å². The van der Waals surface area contributed by atoms with E-state index in [1.807, 2.05) is 26.0 Å². The minimum absolute atomic E-state index is 0. The zero-order valence-corrected chi connectivity index (χ0v) is 18.0. The number of rotatable bonds is 7. The first-order chi connectivity index (χ1) is 12.9. The Morgan fingerprint density at radius 2 is 1.86 bits per heavy atom. The molecule has 0 fully saturated rings. The molecule has 9 heteroatoms. The van der Waals surface area contributed by atoms with Gasteiger partial charge in [-0.2, -0.15) is 13.2 Å². The average Bonchev–Trinajstić information content (AvgIpc) is 2.64. The van der Waals surface area contributed by atoms with Crippen LogP contribution in [0.4, 0.5) is 13.2 Å². The molecular weight excluding hydrogens is 484 g/mol. The quantitative estimate of drug-likeness (QED) is 0.335. The molecule has 0 bridgehead atoms. The van der Waals surface area contributed by atoms with Crippen molar-refractivity contribution in [2.45, 2.75) is 33.1 Å². The lowest BCUT2D eigenvalue weighted by Crippen LogP contribution is -2.37. The molecule has 2 rings (SSSR count). The number of benzene rings is 1. The number of nitrogens with zero attached hydrogens (tertiary/aromatic N) is 2. The Morgan fingerprint density at radius 1 is 1.14 bits per heavy atom. The van der Waals surface area contributed by atoms with Gasteiger partial charge in [-0.3, -0.25) is 4.98 Å². The number of guanidine groups is 1. The number of halogens is 4. The van der Waals surface area contributed by atoms with E-state index in [2.05, 4.69) is 20.6 Å². The van der Waals surface area contributed by atoms with Crippen LogP contribution in [0.3, 0.4) is 0 Å². The summed E-state index contributed by atoms with van der Waals surface area (Å²) < 4.78 is 41.2. The predicted octanol–water partition coefficient (Wildman–Crippen LogP) is 4.20. The van der Waals surface area contributed by atoms with Crippen molar-refractivity contribution in [1.82, 2.24) is 15.6 Å². The van der Waals surface area contributed by atoms with Gasteiger partial charge in [0.15, 0.2) is 12.6 Å². The third-order valence-corrected chi connectivity index (χ3v) is 3.63. The number of aryl methyl sites for hydroxylation is 1. The van der Waals surface area contributed by atoms with Crippen LogP contribution in [0, 0.1) is 6.92 Å². The van der Waals surface area contributed by atoms with Gasteiger partial charge in [-0.1, -0.05) is 18.2 Å². The molecule has 154 valence electrons. The van der Waals surface area contributed by atoms with Crippen LogP contribution >= 0.6 is 24.0 Å². The van der Waals surface area contributed by atoms with Crippen LogP contribution < -0.4 is 15.4 Å². The maximum atomic E-state index is 12.2. The Balaban J connectivity index is 0.00000392. The van der Waals surface area contributed by atoms with Gasteiger partial charge in [-0.15, -0.1) is 24.0 Å². The number of aliphatic imine (C=N–C) groups is 1. The number of alkyl halides is 3. The third-order valence-electron chi connectivity index (χ3n) is 3.63. The van der Waals surface area contributed by atoms with Crippen LogP contribution in [0.15, 0.2) is 47.6 Å². The van der Waals surface area contributed by atoms with E-state index in [1.54, 1.807) is 18.3 Å². The minimum Gasteiger partial charge on any atom is -0.484 e. The zero-order valence-electron chi connectivity index (χ0n) is 15.7. The summed E-state index contributed by atoms with van der Waals surface area (Å²) in [5.74, 6) is 0.815. The lowest BCUT2D eigenvalue weighted by molar-refractivity contribution is -0.153. The molecule has 1 aromatic carbocycles. The third kappa shape index (κ3) is 8.77. The molecule has 0 saturated heterocycles. The smallest absolute Gasteiger partial charge is 0.422 e. The molecule has 0 aliphatic carbocycles. The summed E-state index contributed by atoms with van der Waals surface area (Å²) in [5, 5.41) is 6.38. The fraction of sp³-hybridized carbons (Fsp3) is 0.368. The van der Waals surface area contributed by atoms with Crippen molar-refractivity contribution < 1.29 is 17.9 Å². The number of nitrogens with one attached hydrogen (secondary N) is 2. The summed E-state index contributed by atoms with van der Waals surface area (Å²) in [6, 6.07) is 10.3. The van der Waals surface area contributed by atoms with Crippen LogP contribution in [0.1, 0.15) is 23.7 Å². The van der Waals surface area contributed by atoms with Gasteiger partial charge in [0.25, 0.3) is 0 Å². The van der Waals surface area contributed by atoms with Gasteiger partial charge in [-0.25, -0.2) is 4.99 Å². The van der Waals surface area contributed by atoms with E-state index in [-0.39, 0.29) is 29.7 Å². The lowest BCUT2D eigenvalue weighted by atomic mass is 10.2. The molecule has 0 amide bonds. The Labute approximate surface area is 179 Å². The second kappa shape index (κ2) is 11.7. The summed E-state index contributed by atoms with van der Waals surface area (Å²) >= 11 is 0. The molecule has 1 heterocycles. The van der Waals surface area contributed by atoms with E-state index >= 15 is 0 Å². The average molecular weight is 508 g/mol. The molecule has 0 radical (unpaired) electrons. The highest BCUT2D eigenvalue weighted by Crippen LogP contribution is 2.19. The summed E-state index contributed by atoms with van der Waals surface area (Å²) in [4.78, 5) is 8.82. The molecule has 0 aliphatic rings. The highest BCUT2D eigenvalue weighted by atomic mass is 127. The monoisotopic (exact) mass is 508 g/mol. The standard InChI is InChI=1S/C19H23F3N4O.HI/c1-3-23-18(26-12-17-14(2)5-4-10-24-17)25-11-15-6-8-16(9-7-15)27-13-19(20,21)22;/h4-10H,3,11-13H2,1-2H3,(H2,23,25,26);1H. The topological polar surface area (TPSA) is 58.5 Å². The van der Waals surface area contributed by atoms with Gasteiger partial charge in [0, 0.05) is 12.7 Å². The van der Waals surface area contributed by atoms with Gasteiger partial charge in [0.1, 0.15) is 5.75 Å². The van der Waals surface area contributed by atoms with Crippen LogP contribution in [0.2, 0.25) is 0 Å².